The summed E-state index contributed by atoms with van der Waals surface area (Å²) in [7, 11) is 0. The summed E-state index contributed by atoms with van der Waals surface area (Å²) >= 11 is 15.1. The fourth-order valence-electron chi connectivity index (χ4n) is 1.42. The average Bonchev–Trinajstić information content (AvgIpc) is 2.36. The molecule has 1 aromatic carbocycles. The van der Waals surface area contributed by atoms with Crippen molar-refractivity contribution in [2.75, 3.05) is 0 Å². The van der Waals surface area contributed by atoms with Crippen LogP contribution in [0.4, 0.5) is 0 Å². The van der Waals surface area contributed by atoms with Crippen LogP contribution in [0.15, 0.2) is 34.8 Å². The van der Waals surface area contributed by atoms with Gasteiger partial charge in [-0.1, -0.05) is 27.5 Å². The summed E-state index contributed by atoms with van der Waals surface area (Å²) < 4.78 is 6.70. The molecule has 0 aliphatic heterocycles. The molecule has 0 aliphatic rings. The fourth-order valence-corrected chi connectivity index (χ4v) is 2.11. The van der Waals surface area contributed by atoms with Crippen LogP contribution >= 0.6 is 39.1 Å². The van der Waals surface area contributed by atoms with Gasteiger partial charge in [0.1, 0.15) is 5.75 Å². The average molecular weight is 347 g/mol. The molecule has 1 heterocycles. The Labute approximate surface area is 124 Å². The minimum Gasteiger partial charge on any atom is -0.439 e. The first-order valence-electron chi connectivity index (χ1n) is 5.25. The highest BCUT2D eigenvalue weighted by molar-refractivity contribution is 9.10. The van der Waals surface area contributed by atoms with Gasteiger partial charge in [-0.2, -0.15) is 0 Å². The molecule has 0 N–H and O–H groups in total. The predicted octanol–water partition coefficient (Wildman–Crippen LogP) is 5.34. The molecule has 0 fully saturated rings. The highest BCUT2D eigenvalue weighted by Gasteiger charge is 2.05. The van der Waals surface area contributed by atoms with Crippen molar-refractivity contribution in [3.8, 4) is 11.6 Å². The standard InChI is InChI=1S/C13H10BrCl2NO/c1-8-6-9(2-3-10(8)14)18-13-5-4-11(16)12(7-15)17-13/h2-6H,7H2,1H3. The zero-order chi connectivity index (χ0) is 13.1. The van der Waals surface area contributed by atoms with Crippen molar-refractivity contribution < 1.29 is 4.74 Å². The van der Waals surface area contributed by atoms with Crippen molar-refractivity contribution in [1.29, 1.82) is 0 Å². The van der Waals surface area contributed by atoms with Gasteiger partial charge < -0.3 is 4.74 Å². The summed E-state index contributed by atoms with van der Waals surface area (Å²) in [6, 6.07) is 9.18. The molecule has 0 amide bonds. The Bertz CT molecular complexity index is 575. The van der Waals surface area contributed by atoms with E-state index in [1.165, 1.54) is 0 Å². The van der Waals surface area contributed by atoms with Gasteiger partial charge in [-0.3, -0.25) is 0 Å². The normalized spacial score (nSPS) is 10.4. The first-order valence-corrected chi connectivity index (χ1v) is 6.96. The summed E-state index contributed by atoms with van der Waals surface area (Å²) in [5.74, 6) is 1.47. The van der Waals surface area contributed by atoms with Gasteiger partial charge in [-0.25, -0.2) is 4.98 Å². The fraction of sp³-hybridized carbons (Fsp3) is 0.154. The van der Waals surface area contributed by atoms with E-state index in [1.54, 1.807) is 12.1 Å². The van der Waals surface area contributed by atoms with E-state index in [4.69, 9.17) is 27.9 Å². The number of hydrogen-bond donors (Lipinski definition) is 0. The van der Waals surface area contributed by atoms with Crippen LogP contribution in [0.1, 0.15) is 11.3 Å². The molecule has 0 bridgehead atoms. The van der Waals surface area contributed by atoms with E-state index in [1.807, 2.05) is 25.1 Å². The summed E-state index contributed by atoms with van der Waals surface area (Å²) in [6.45, 7) is 2.00. The molecule has 1 aromatic heterocycles. The molecule has 0 saturated heterocycles. The lowest BCUT2D eigenvalue weighted by Crippen LogP contribution is -1.93. The minimum atomic E-state index is 0.259. The maximum absolute atomic E-state index is 5.94. The number of ether oxygens (including phenoxy) is 1. The van der Waals surface area contributed by atoms with Crippen LogP contribution in [0.3, 0.4) is 0 Å². The van der Waals surface area contributed by atoms with Gasteiger partial charge in [0.05, 0.1) is 16.6 Å². The van der Waals surface area contributed by atoms with Crippen LogP contribution in [0.25, 0.3) is 0 Å². The lowest BCUT2D eigenvalue weighted by molar-refractivity contribution is 0.461. The van der Waals surface area contributed by atoms with Crippen LogP contribution in [0.2, 0.25) is 5.02 Å². The van der Waals surface area contributed by atoms with E-state index in [2.05, 4.69) is 20.9 Å². The molecule has 0 spiro atoms. The maximum atomic E-state index is 5.94. The van der Waals surface area contributed by atoms with Gasteiger partial charge in [-0.05, 0) is 36.8 Å². The topological polar surface area (TPSA) is 22.1 Å². The Morgan fingerprint density at radius 2 is 2.06 bits per heavy atom. The zero-order valence-corrected chi connectivity index (χ0v) is 12.7. The number of aromatic nitrogens is 1. The molecule has 5 heteroatoms. The highest BCUT2D eigenvalue weighted by Crippen LogP contribution is 2.27. The first kappa shape index (κ1) is 13.7. The Hall–Kier alpha value is -0.770. The van der Waals surface area contributed by atoms with Crippen molar-refractivity contribution in [3.63, 3.8) is 0 Å². The first-order chi connectivity index (χ1) is 8.60. The van der Waals surface area contributed by atoms with E-state index >= 15 is 0 Å². The lowest BCUT2D eigenvalue weighted by Gasteiger charge is -2.08. The summed E-state index contributed by atoms with van der Waals surface area (Å²) in [5.41, 5.74) is 1.71. The SMILES string of the molecule is Cc1cc(Oc2ccc(Cl)c(CCl)n2)ccc1Br. The molecular weight excluding hydrogens is 337 g/mol. The second-order valence-corrected chi connectivity index (χ2v) is 5.25. The monoisotopic (exact) mass is 345 g/mol. The zero-order valence-electron chi connectivity index (χ0n) is 9.58. The van der Waals surface area contributed by atoms with Crippen LogP contribution in [-0.2, 0) is 5.88 Å². The molecule has 0 radical (unpaired) electrons. The smallest absolute Gasteiger partial charge is 0.219 e. The largest absolute Gasteiger partial charge is 0.439 e. The lowest BCUT2D eigenvalue weighted by atomic mass is 10.2. The Kier molecular flexibility index (Phi) is 4.49. The van der Waals surface area contributed by atoms with Gasteiger partial charge in [0.15, 0.2) is 0 Å². The molecular formula is C13H10BrCl2NO. The third kappa shape index (κ3) is 3.16. The maximum Gasteiger partial charge on any atom is 0.219 e. The summed E-state index contributed by atoms with van der Waals surface area (Å²) in [4.78, 5) is 4.24. The number of aryl methyl sites for hydroxylation is 1. The van der Waals surface area contributed by atoms with E-state index < -0.39 is 0 Å². The van der Waals surface area contributed by atoms with E-state index in [-0.39, 0.29) is 5.88 Å². The third-order valence-electron chi connectivity index (χ3n) is 2.37. The number of nitrogens with zero attached hydrogens (tertiary/aromatic N) is 1. The molecule has 94 valence electrons. The number of benzene rings is 1. The van der Waals surface area contributed by atoms with Crippen LogP contribution in [-0.4, -0.2) is 4.98 Å². The molecule has 0 saturated carbocycles. The molecule has 0 aliphatic carbocycles. The van der Waals surface area contributed by atoms with Crippen molar-refractivity contribution in [1.82, 2.24) is 4.98 Å². The van der Waals surface area contributed by atoms with Crippen LogP contribution < -0.4 is 4.74 Å². The van der Waals surface area contributed by atoms with Gasteiger partial charge in [0, 0.05) is 10.5 Å². The second-order valence-electron chi connectivity index (χ2n) is 3.72. The number of halogens is 3. The Balaban J connectivity index is 2.25. The number of alkyl halides is 1. The molecule has 0 atom stereocenters. The summed E-state index contributed by atoms with van der Waals surface area (Å²) in [6.07, 6.45) is 0. The number of rotatable bonds is 3. The Morgan fingerprint density at radius 1 is 1.28 bits per heavy atom. The quantitative estimate of drug-likeness (QED) is 0.700. The molecule has 2 aromatic rings. The molecule has 0 unspecified atom stereocenters. The predicted molar refractivity (Wildman–Crippen MR) is 77.8 cm³/mol. The van der Waals surface area contributed by atoms with Crippen molar-refractivity contribution in [2.45, 2.75) is 12.8 Å². The van der Waals surface area contributed by atoms with Crippen LogP contribution in [0.5, 0.6) is 11.6 Å². The number of pyridine rings is 1. The highest BCUT2D eigenvalue weighted by atomic mass is 79.9. The third-order valence-corrected chi connectivity index (χ3v) is 3.86. The van der Waals surface area contributed by atoms with Crippen molar-refractivity contribution >= 4 is 39.1 Å². The van der Waals surface area contributed by atoms with Gasteiger partial charge >= 0.3 is 0 Å². The molecule has 2 nitrogen and oxygen atoms in total. The van der Waals surface area contributed by atoms with Crippen LogP contribution in [0, 0.1) is 6.92 Å². The van der Waals surface area contributed by atoms with Crippen molar-refractivity contribution in [2.24, 2.45) is 0 Å². The number of hydrogen-bond acceptors (Lipinski definition) is 2. The van der Waals surface area contributed by atoms with Gasteiger partial charge in [0.25, 0.3) is 0 Å². The van der Waals surface area contributed by atoms with Crippen molar-refractivity contribution in [3.05, 3.63) is 51.1 Å². The van der Waals surface area contributed by atoms with E-state index in [9.17, 15) is 0 Å². The Morgan fingerprint density at radius 3 is 2.72 bits per heavy atom. The second kappa shape index (κ2) is 5.91. The minimum absolute atomic E-state index is 0.259. The van der Waals surface area contributed by atoms with Gasteiger partial charge in [-0.15, -0.1) is 11.6 Å². The molecule has 2 rings (SSSR count). The van der Waals surface area contributed by atoms with Gasteiger partial charge in [0.2, 0.25) is 5.88 Å². The summed E-state index contributed by atoms with van der Waals surface area (Å²) in [5, 5.41) is 0.546. The van der Waals surface area contributed by atoms with E-state index in [0.717, 1.165) is 15.8 Å². The van der Waals surface area contributed by atoms with E-state index in [0.29, 0.717) is 16.6 Å². The molecule has 18 heavy (non-hydrogen) atoms.